The Morgan fingerprint density at radius 3 is 2.71 bits per heavy atom. The van der Waals surface area contributed by atoms with Gasteiger partial charge < -0.3 is 15.0 Å². The van der Waals surface area contributed by atoms with Gasteiger partial charge >= 0.3 is 0 Å². The van der Waals surface area contributed by atoms with Crippen LogP contribution in [-0.2, 0) is 6.54 Å². The maximum absolute atomic E-state index is 9.37. The topological polar surface area (TPSA) is 50.1 Å². The maximum Gasteiger partial charge on any atom is 0.203 e. The highest BCUT2D eigenvalue weighted by Crippen LogP contribution is 2.25. The molecular formula is C13H19N3O. The van der Waals surface area contributed by atoms with Gasteiger partial charge in [0.05, 0.1) is 11.0 Å². The predicted octanol–water partition coefficient (Wildman–Crippen LogP) is 2.10. The number of hydrogen-bond acceptors (Lipinski definition) is 3. The van der Waals surface area contributed by atoms with Crippen molar-refractivity contribution in [2.24, 2.45) is 5.41 Å². The molecule has 0 bridgehead atoms. The summed E-state index contributed by atoms with van der Waals surface area (Å²) in [5.41, 5.74) is 1.92. The molecule has 2 rings (SSSR count). The van der Waals surface area contributed by atoms with Crippen molar-refractivity contribution in [3.63, 3.8) is 0 Å². The third-order valence-corrected chi connectivity index (χ3v) is 2.89. The molecule has 0 spiro atoms. The van der Waals surface area contributed by atoms with E-state index in [0.29, 0.717) is 0 Å². The first-order valence-corrected chi connectivity index (χ1v) is 5.81. The zero-order valence-corrected chi connectivity index (χ0v) is 10.6. The number of aromatic nitrogens is 2. The van der Waals surface area contributed by atoms with Crippen LogP contribution in [0.4, 0.5) is 5.95 Å². The summed E-state index contributed by atoms with van der Waals surface area (Å²) >= 11 is 0. The number of hydrogen-bond donors (Lipinski definition) is 2. The molecule has 1 aromatic carbocycles. The number of aliphatic hydroxyl groups is 1. The summed E-state index contributed by atoms with van der Waals surface area (Å²) in [6.45, 7) is 4.98. The SMILES string of the molecule is CNc1nc2ccccc2n1CC(C)(C)CO. The van der Waals surface area contributed by atoms with Crippen molar-refractivity contribution in [1.82, 2.24) is 9.55 Å². The number of nitrogens with one attached hydrogen (secondary N) is 1. The number of aliphatic hydroxyl groups excluding tert-OH is 1. The third-order valence-electron chi connectivity index (χ3n) is 2.89. The molecule has 2 aromatic rings. The minimum absolute atomic E-state index is 0.155. The van der Waals surface area contributed by atoms with Crippen LogP contribution in [0.15, 0.2) is 24.3 Å². The molecule has 0 aliphatic rings. The fraction of sp³-hybridized carbons (Fsp3) is 0.462. The summed E-state index contributed by atoms with van der Waals surface area (Å²) in [7, 11) is 1.86. The summed E-state index contributed by atoms with van der Waals surface area (Å²) in [6.07, 6.45) is 0. The lowest BCUT2D eigenvalue weighted by Crippen LogP contribution is -2.24. The number of rotatable bonds is 4. The lowest BCUT2D eigenvalue weighted by atomic mass is 9.95. The first-order valence-electron chi connectivity index (χ1n) is 5.81. The van der Waals surface area contributed by atoms with Crippen molar-refractivity contribution >= 4 is 17.0 Å². The summed E-state index contributed by atoms with van der Waals surface area (Å²) in [4.78, 5) is 4.52. The fourth-order valence-corrected chi connectivity index (χ4v) is 1.90. The Morgan fingerprint density at radius 2 is 2.06 bits per heavy atom. The molecule has 0 aliphatic heterocycles. The van der Waals surface area contributed by atoms with Gasteiger partial charge in [0.25, 0.3) is 0 Å². The number of imidazole rings is 1. The molecule has 2 N–H and O–H groups in total. The Balaban J connectivity index is 2.50. The van der Waals surface area contributed by atoms with Crippen LogP contribution in [0.1, 0.15) is 13.8 Å². The molecule has 1 aromatic heterocycles. The molecule has 4 heteroatoms. The van der Waals surface area contributed by atoms with Crippen molar-refractivity contribution in [3.05, 3.63) is 24.3 Å². The maximum atomic E-state index is 9.37. The molecule has 0 radical (unpaired) electrons. The van der Waals surface area contributed by atoms with Crippen LogP contribution in [0.2, 0.25) is 0 Å². The molecule has 0 fully saturated rings. The van der Waals surface area contributed by atoms with E-state index >= 15 is 0 Å². The minimum atomic E-state index is -0.158. The quantitative estimate of drug-likeness (QED) is 0.850. The monoisotopic (exact) mass is 233 g/mol. The zero-order valence-electron chi connectivity index (χ0n) is 10.6. The standard InChI is InChI=1S/C13H19N3O/c1-13(2,9-17)8-16-11-7-5-4-6-10(11)15-12(16)14-3/h4-7,17H,8-9H2,1-3H3,(H,14,15). The molecule has 0 unspecified atom stereocenters. The van der Waals surface area contributed by atoms with Crippen molar-refractivity contribution in [2.75, 3.05) is 19.0 Å². The molecule has 0 amide bonds. The minimum Gasteiger partial charge on any atom is -0.396 e. The fourth-order valence-electron chi connectivity index (χ4n) is 1.90. The van der Waals surface area contributed by atoms with Gasteiger partial charge in [-0.1, -0.05) is 26.0 Å². The van der Waals surface area contributed by atoms with E-state index < -0.39 is 0 Å². The second-order valence-electron chi connectivity index (χ2n) is 5.08. The van der Waals surface area contributed by atoms with Crippen LogP contribution in [0.3, 0.4) is 0 Å². The van der Waals surface area contributed by atoms with Gasteiger partial charge in [-0.2, -0.15) is 0 Å². The summed E-state index contributed by atoms with van der Waals surface area (Å²) < 4.78 is 2.12. The van der Waals surface area contributed by atoms with Crippen molar-refractivity contribution < 1.29 is 5.11 Å². The Labute approximate surface area is 101 Å². The van der Waals surface area contributed by atoms with Gasteiger partial charge in [0.1, 0.15) is 0 Å². The number of para-hydroxylation sites is 2. The highest BCUT2D eigenvalue weighted by molar-refractivity contribution is 5.78. The first kappa shape index (κ1) is 11.9. The molecule has 92 valence electrons. The molecular weight excluding hydrogens is 214 g/mol. The predicted molar refractivity (Wildman–Crippen MR) is 70.1 cm³/mol. The Hall–Kier alpha value is -1.55. The van der Waals surface area contributed by atoms with E-state index in [4.69, 9.17) is 0 Å². The van der Waals surface area contributed by atoms with E-state index in [-0.39, 0.29) is 12.0 Å². The summed E-state index contributed by atoms with van der Waals surface area (Å²) in [6, 6.07) is 8.04. The van der Waals surface area contributed by atoms with E-state index in [1.165, 1.54) is 0 Å². The van der Waals surface area contributed by atoms with E-state index in [1.807, 2.05) is 39.1 Å². The lowest BCUT2D eigenvalue weighted by Gasteiger charge is -2.23. The molecule has 0 atom stereocenters. The van der Waals surface area contributed by atoms with Gasteiger partial charge in [-0.25, -0.2) is 4.98 Å². The van der Waals surface area contributed by atoms with Gasteiger partial charge in [0, 0.05) is 25.6 Å². The van der Waals surface area contributed by atoms with Crippen LogP contribution in [0, 0.1) is 5.41 Å². The van der Waals surface area contributed by atoms with Crippen LogP contribution < -0.4 is 5.32 Å². The molecule has 1 heterocycles. The van der Waals surface area contributed by atoms with Gasteiger partial charge in [-0.3, -0.25) is 0 Å². The largest absolute Gasteiger partial charge is 0.396 e. The average molecular weight is 233 g/mol. The number of anilines is 1. The van der Waals surface area contributed by atoms with Gasteiger partial charge in [0.2, 0.25) is 5.95 Å². The number of nitrogens with zero attached hydrogens (tertiary/aromatic N) is 2. The van der Waals surface area contributed by atoms with E-state index in [2.05, 4.69) is 20.9 Å². The van der Waals surface area contributed by atoms with Crippen LogP contribution in [-0.4, -0.2) is 28.3 Å². The second-order valence-corrected chi connectivity index (χ2v) is 5.08. The molecule has 0 saturated heterocycles. The van der Waals surface area contributed by atoms with E-state index in [1.54, 1.807) is 0 Å². The third kappa shape index (κ3) is 2.26. The van der Waals surface area contributed by atoms with Crippen LogP contribution in [0.25, 0.3) is 11.0 Å². The zero-order chi connectivity index (χ0) is 12.5. The Bertz CT molecular complexity index is 516. The lowest BCUT2D eigenvalue weighted by molar-refractivity contribution is 0.143. The van der Waals surface area contributed by atoms with Crippen LogP contribution >= 0.6 is 0 Å². The average Bonchev–Trinajstić information content (AvgIpc) is 2.67. The van der Waals surface area contributed by atoms with Gasteiger partial charge in [-0.15, -0.1) is 0 Å². The summed E-state index contributed by atoms with van der Waals surface area (Å²) in [5, 5.41) is 12.5. The van der Waals surface area contributed by atoms with Gasteiger partial charge in [-0.05, 0) is 12.1 Å². The Kier molecular flexibility index (Phi) is 3.07. The highest BCUT2D eigenvalue weighted by Gasteiger charge is 2.20. The van der Waals surface area contributed by atoms with Crippen LogP contribution in [0.5, 0.6) is 0 Å². The normalized spacial score (nSPS) is 12.0. The summed E-state index contributed by atoms with van der Waals surface area (Å²) in [5.74, 6) is 0.840. The molecule has 0 saturated carbocycles. The molecule has 4 nitrogen and oxygen atoms in total. The first-order chi connectivity index (χ1) is 8.07. The number of benzene rings is 1. The van der Waals surface area contributed by atoms with Crippen molar-refractivity contribution in [1.29, 1.82) is 0 Å². The Morgan fingerprint density at radius 1 is 1.35 bits per heavy atom. The second kappa shape index (κ2) is 4.37. The molecule has 17 heavy (non-hydrogen) atoms. The van der Waals surface area contributed by atoms with Crippen molar-refractivity contribution in [3.8, 4) is 0 Å². The van der Waals surface area contributed by atoms with E-state index in [9.17, 15) is 5.11 Å². The smallest absolute Gasteiger partial charge is 0.203 e. The van der Waals surface area contributed by atoms with E-state index in [0.717, 1.165) is 23.5 Å². The number of fused-ring (bicyclic) bond motifs is 1. The van der Waals surface area contributed by atoms with Gasteiger partial charge in [0.15, 0.2) is 0 Å². The van der Waals surface area contributed by atoms with Crippen molar-refractivity contribution in [2.45, 2.75) is 20.4 Å². The highest BCUT2D eigenvalue weighted by atomic mass is 16.3. The molecule has 0 aliphatic carbocycles.